The van der Waals surface area contributed by atoms with Gasteiger partial charge in [-0.15, -0.1) is 0 Å². The van der Waals surface area contributed by atoms with Gasteiger partial charge >= 0.3 is 0 Å². The number of hydrogen-bond donors (Lipinski definition) is 2. The molecule has 0 aliphatic heterocycles. The molecule has 24 heavy (non-hydrogen) atoms. The van der Waals surface area contributed by atoms with Gasteiger partial charge in [0.2, 0.25) is 11.8 Å². The quantitative estimate of drug-likeness (QED) is 0.760. The molecule has 0 aromatic heterocycles. The topological polar surface area (TPSA) is 58.2 Å². The summed E-state index contributed by atoms with van der Waals surface area (Å²) in [5, 5.41) is 5.23. The summed E-state index contributed by atoms with van der Waals surface area (Å²) in [6.45, 7) is 0.228. The second kappa shape index (κ2) is 9.17. The summed E-state index contributed by atoms with van der Waals surface area (Å²) in [6.07, 6.45) is 0.617. The number of hydrogen-bond acceptors (Lipinski definition) is 2. The minimum Gasteiger partial charge on any atom is -0.354 e. The molecule has 0 saturated heterocycles. The van der Waals surface area contributed by atoms with Gasteiger partial charge in [0, 0.05) is 11.0 Å². The smallest absolute Gasteiger partial charge is 0.239 e. The number of amides is 2. The highest BCUT2D eigenvalue weighted by atomic mass is 79.9. The SMILES string of the molecule is O=C(CNC(=O)Cc1cccc(Br)c1)NCCc1ccccc1F. The molecule has 0 bridgehead atoms. The standard InChI is InChI=1S/C18H18BrFN2O2/c19-15-6-3-4-13(10-15)11-17(23)22-12-18(24)21-9-8-14-5-1-2-7-16(14)20/h1-7,10H,8-9,11-12H2,(H,21,24)(H,22,23). The maximum Gasteiger partial charge on any atom is 0.239 e. The van der Waals surface area contributed by atoms with E-state index in [2.05, 4.69) is 26.6 Å². The van der Waals surface area contributed by atoms with Gasteiger partial charge in [-0.25, -0.2) is 4.39 Å². The molecule has 0 radical (unpaired) electrons. The van der Waals surface area contributed by atoms with Gasteiger partial charge in [0.05, 0.1) is 13.0 Å². The highest BCUT2D eigenvalue weighted by molar-refractivity contribution is 9.10. The van der Waals surface area contributed by atoms with Crippen molar-refractivity contribution in [1.29, 1.82) is 0 Å². The summed E-state index contributed by atoms with van der Waals surface area (Å²) in [5.74, 6) is -0.805. The van der Waals surface area contributed by atoms with Crippen LogP contribution in [0.3, 0.4) is 0 Å². The van der Waals surface area contributed by atoms with E-state index in [9.17, 15) is 14.0 Å². The van der Waals surface area contributed by atoms with Crippen LogP contribution in [0.15, 0.2) is 53.0 Å². The van der Waals surface area contributed by atoms with E-state index in [1.54, 1.807) is 18.2 Å². The zero-order valence-electron chi connectivity index (χ0n) is 13.0. The van der Waals surface area contributed by atoms with Crippen LogP contribution in [0.4, 0.5) is 4.39 Å². The lowest BCUT2D eigenvalue weighted by molar-refractivity contribution is -0.125. The van der Waals surface area contributed by atoms with E-state index >= 15 is 0 Å². The van der Waals surface area contributed by atoms with Crippen molar-refractivity contribution in [2.24, 2.45) is 0 Å². The molecule has 0 saturated carbocycles. The first kappa shape index (κ1) is 18.1. The largest absolute Gasteiger partial charge is 0.354 e. The van der Waals surface area contributed by atoms with Gasteiger partial charge in [-0.3, -0.25) is 9.59 Å². The highest BCUT2D eigenvalue weighted by Gasteiger charge is 2.07. The Morgan fingerprint density at radius 1 is 1.00 bits per heavy atom. The fourth-order valence-electron chi connectivity index (χ4n) is 2.17. The number of carbonyl (C=O) groups is 2. The maximum absolute atomic E-state index is 13.4. The van der Waals surface area contributed by atoms with Crippen molar-refractivity contribution in [2.75, 3.05) is 13.1 Å². The van der Waals surface area contributed by atoms with Crippen molar-refractivity contribution in [3.05, 3.63) is 69.9 Å². The van der Waals surface area contributed by atoms with E-state index in [0.717, 1.165) is 10.0 Å². The lowest BCUT2D eigenvalue weighted by atomic mass is 10.1. The molecule has 2 rings (SSSR count). The monoisotopic (exact) mass is 392 g/mol. The first-order valence-corrected chi connectivity index (χ1v) is 8.35. The summed E-state index contributed by atoms with van der Waals surface area (Å²) >= 11 is 3.34. The van der Waals surface area contributed by atoms with E-state index in [-0.39, 0.29) is 30.6 Å². The zero-order chi connectivity index (χ0) is 17.4. The Morgan fingerprint density at radius 3 is 2.54 bits per heavy atom. The minimum absolute atomic E-state index is 0.0931. The highest BCUT2D eigenvalue weighted by Crippen LogP contribution is 2.11. The molecule has 0 unspecified atom stereocenters. The molecule has 2 N–H and O–H groups in total. The van der Waals surface area contributed by atoms with Crippen LogP contribution in [0.1, 0.15) is 11.1 Å². The van der Waals surface area contributed by atoms with Gasteiger partial charge in [-0.1, -0.05) is 46.3 Å². The number of nitrogens with one attached hydrogen (secondary N) is 2. The normalized spacial score (nSPS) is 10.2. The molecule has 2 aromatic carbocycles. The molecule has 0 heterocycles. The molecule has 2 amide bonds. The molecule has 0 fully saturated rings. The summed E-state index contributed by atoms with van der Waals surface area (Å²) < 4.78 is 14.3. The van der Waals surface area contributed by atoms with Gasteiger partial charge in [0.1, 0.15) is 5.82 Å². The Kier molecular flexibility index (Phi) is 6.93. The van der Waals surface area contributed by atoms with E-state index in [0.29, 0.717) is 18.5 Å². The second-order valence-corrected chi connectivity index (χ2v) is 6.19. The molecule has 0 spiro atoms. The Labute approximate surface area is 148 Å². The van der Waals surface area contributed by atoms with Gasteiger partial charge in [-0.05, 0) is 35.7 Å². The Balaban J connectivity index is 1.67. The van der Waals surface area contributed by atoms with Gasteiger partial charge in [0.15, 0.2) is 0 Å². The third kappa shape index (κ3) is 6.12. The summed E-state index contributed by atoms with van der Waals surface area (Å²) in [7, 11) is 0. The van der Waals surface area contributed by atoms with Crippen LogP contribution < -0.4 is 10.6 Å². The zero-order valence-corrected chi connectivity index (χ0v) is 14.6. The van der Waals surface area contributed by atoms with Gasteiger partial charge in [0.25, 0.3) is 0 Å². The van der Waals surface area contributed by atoms with E-state index in [4.69, 9.17) is 0 Å². The maximum atomic E-state index is 13.4. The average molecular weight is 393 g/mol. The molecule has 2 aromatic rings. The Morgan fingerprint density at radius 2 is 1.79 bits per heavy atom. The fourth-order valence-corrected chi connectivity index (χ4v) is 2.62. The van der Waals surface area contributed by atoms with Crippen LogP contribution in [0.2, 0.25) is 0 Å². The van der Waals surface area contributed by atoms with Crippen LogP contribution in [-0.2, 0) is 22.4 Å². The third-order valence-corrected chi connectivity index (χ3v) is 3.87. The average Bonchev–Trinajstić information content (AvgIpc) is 2.55. The van der Waals surface area contributed by atoms with Crippen LogP contribution in [0.5, 0.6) is 0 Å². The van der Waals surface area contributed by atoms with E-state index < -0.39 is 0 Å². The first-order chi connectivity index (χ1) is 11.5. The van der Waals surface area contributed by atoms with Gasteiger partial charge in [-0.2, -0.15) is 0 Å². The van der Waals surface area contributed by atoms with Crippen molar-refractivity contribution < 1.29 is 14.0 Å². The molecular formula is C18H18BrFN2O2. The van der Waals surface area contributed by atoms with Crippen LogP contribution in [0, 0.1) is 5.82 Å². The summed E-state index contributed by atoms with van der Waals surface area (Å²) in [6, 6.07) is 13.9. The lowest BCUT2D eigenvalue weighted by Crippen LogP contribution is -2.38. The second-order valence-electron chi connectivity index (χ2n) is 5.27. The molecule has 126 valence electrons. The van der Waals surface area contributed by atoms with Gasteiger partial charge < -0.3 is 10.6 Å². The number of benzene rings is 2. The van der Waals surface area contributed by atoms with Crippen molar-refractivity contribution in [2.45, 2.75) is 12.8 Å². The van der Waals surface area contributed by atoms with E-state index in [1.165, 1.54) is 6.07 Å². The predicted molar refractivity (Wildman–Crippen MR) is 94.0 cm³/mol. The lowest BCUT2D eigenvalue weighted by Gasteiger charge is -2.08. The number of carbonyl (C=O) groups excluding carboxylic acids is 2. The van der Waals surface area contributed by atoms with Crippen molar-refractivity contribution in [3.63, 3.8) is 0 Å². The van der Waals surface area contributed by atoms with E-state index in [1.807, 2.05) is 24.3 Å². The first-order valence-electron chi connectivity index (χ1n) is 7.56. The van der Waals surface area contributed by atoms with Crippen LogP contribution in [0.25, 0.3) is 0 Å². The number of halogens is 2. The van der Waals surface area contributed by atoms with Crippen molar-refractivity contribution >= 4 is 27.7 Å². The number of rotatable bonds is 7. The minimum atomic E-state index is -0.297. The molecule has 0 atom stereocenters. The van der Waals surface area contributed by atoms with Crippen molar-refractivity contribution in [1.82, 2.24) is 10.6 Å². The van der Waals surface area contributed by atoms with Crippen molar-refractivity contribution in [3.8, 4) is 0 Å². The molecule has 0 aliphatic carbocycles. The fraction of sp³-hybridized carbons (Fsp3) is 0.222. The summed E-state index contributed by atoms with van der Waals surface area (Å²) in [4.78, 5) is 23.5. The Hall–Kier alpha value is -2.21. The van der Waals surface area contributed by atoms with Crippen LogP contribution in [-0.4, -0.2) is 24.9 Å². The van der Waals surface area contributed by atoms with Crippen LogP contribution >= 0.6 is 15.9 Å². The molecule has 0 aliphatic rings. The Bertz CT molecular complexity index is 722. The molecule has 4 nitrogen and oxygen atoms in total. The summed E-state index contributed by atoms with van der Waals surface area (Å²) in [5.41, 5.74) is 1.42. The third-order valence-electron chi connectivity index (χ3n) is 3.37. The molecule has 6 heteroatoms. The predicted octanol–water partition coefficient (Wildman–Crippen LogP) is 2.61. The molecular weight excluding hydrogens is 375 g/mol.